The lowest BCUT2D eigenvalue weighted by Gasteiger charge is -2.08. The van der Waals surface area contributed by atoms with Crippen LogP contribution in [0.15, 0.2) is 56.5 Å². The maximum Gasteiger partial charge on any atom is 0.340 e. The van der Waals surface area contributed by atoms with Gasteiger partial charge >= 0.3 is 5.97 Å². The van der Waals surface area contributed by atoms with Crippen molar-refractivity contribution in [2.75, 3.05) is 7.11 Å². The third-order valence-corrected chi connectivity index (χ3v) is 5.76. The highest BCUT2D eigenvalue weighted by atomic mass is 32.2. The molecule has 1 aliphatic rings. The Labute approximate surface area is 135 Å². The fourth-order valence-electron chi connectivity index (χ4n) is 2.07. The van der Waals surface area contributed by atoms with Crippen molar-refractivity contribution in [3.05, 3.63) is 52.3 Å². The van der Waals surface area contributed by atoms with Crippen LogP contribution in [0.3, 0.4) is 0 Å². The molecule has 0 radical (unpaired) electrons. The van der Waals surface area contributed by atoms with Crippen LogP contribution in [0, 0.1) is 0 Å². The topological polar surface area (TPSA) is 66.8 Å². The van der Waals surface area contributed by atoms with Crippen LogP contribution in [-0.2, 0) is 9.53 Å². The highest BCUT2D eigenvalue weighted by Crippen LogP contribution is 2.59. The van der Waals surface area contributed by atoms with Crippen LogP contribution in [0.5, 0.6) is 11.5 Å². The number of phenolic OH excluding ortho intramolecular Hbond substituents is 2. The average Bonchev–Trinajstić information content (AvgIpc) is 2.98. The molecule has 112 valence electrons. The lowest BCUT2D eigenvalue weighted by molar-refractivity contribution is -0.133. The van der Waals surface area contributed by atoms with Gasteiger partial charge < -0.3 is 14.9 Å². The molecule has 0 fully saturated rings. The molecule has 0 saturated heterocycles. The first-order valence-corrected chi connectivity index (χ1v) is 8.03. The highest BCUT2D eigenvalue weighted by Gasteiger charge is 2.30. The summed E-state index contributed by atoms with van der Waals surface area (Å²) in [6.45, 7) is 0. The molecule has 0 aliphatic carbocycles. The first-order valence-electron chi connectivity index (χ1n) is 6.40. The number of aromatic hydroxyl groups is 2. The summed E-state index contributed by atoms with van der Waals surface area (Å²) in [5.41, 5.74) is 1.16. The molecule has 2 N–H and O–H groups in total. The molecule has 3 rings (SSSR count). The lowest BCUT2D eigenvalue weighted by Crippen LogP contribution is -2.04. The van der Waals surface area contributed by atoms with Crippen LogP contribution in [0.2, 0.25) is 0 Å². The van der Waals surface area contributed by atoms with Crippen molar-refractivity contribution in [1.29, 1.82) is 0 Å². The smallest absolute Gasteiger partial charge is 0.340 e. The molecular weight excluding hydrogens is 320 g/mol. The van der Waals surface area contributed by atoms with Gasteiger partial charge in [-0.3, -0.25) is 0 Å². The van der Waals surface area contributed by atoms with E-state index in [-0.39, 0.29) is 11.5 Å². The van der Waals surface area contributed by atoms with Crippen LogP contribution in [-0.4, -0.2) is 23.3 Å². The second kappa shape index (κ2) is 5.98. The number of hydrogen-bond acceptors (Lipinski definition) is 6. The average molecular weight is 332 g/mol. The van der Waals surface area contributed by atoms with Gasteiger partial charge in [0, 0.05) is 0 Å². The van der Waals surface area contributed by atoms with Gasteiger partial charge in [0.2, 0.25) is 0 Å². The van der Waals surface area contributed by atoms with Gasteiger partial charge in [0.1, 0.15) is 11.5 Å². The molecule has 0 amide bonds. The fourth-order valence-corrected chi connectivity index (χ4v) is 4.71. The van der Waals surface area contributed by atoms with E-state index in [0.29, 0.717) is 19.6 Å². The number of thioether (sulfide) groups is 2. The van der Waals surface area contributed by atoms with Crippen molar-refractivity contribution in [3.8, 4) is 11.5 Å². The van der Waals surface area contributed by atoms with Crippen LogP contribution in [0.25, 0.3) is 5.57 Å². The Morgan fingerprint density at radius 3 is 2.00 bits per heavy atom. The van der Waals surface area contributed by atoms with Gasteiger partial charge in [-0.2, -0.15) is 0 Å². The van der Waals surface area contributed by atoms with E-state index >= 15 is 0 Å². The van der Waals surface area contributed by atoms with E-state index in [4.69, 9.17) is 4.74 Å². The van der Waals surface area contributed by atoms with Gasteiger partial charge in [0.05, 0.1) is 26.7 Å². The van der Waals surface area contributed by atoms with E-state index in [2.05, 4.69) is 0 Å². The summed E-state index contributed by atoms with van der Waals surface area (Å²) in [7, 11) is 1.33. The minimum Gasteiger partial charge on any atom is -0.507 e. The molecule has 6 heteroatoms. The Hall–Kier alpha value is -2.05. The zero-order valence-electron chi connectivity index (χ0n) is 11.6. The Bertz CT molecular complexity index is 736. The van der Waals surface area contributed by atoms with Crippen molar-refractivity contribution >= 4 is 35.1 Å². The van der Waals surface area contributed by atoms with Crippen LogP contribution >= 0.6 is 23.5 Å². The molecule has 0 bridgehead atoms. The summed E-state index contributed by atoms with van der Waals surface area (Å²) in [5.74, 6) is -0.289. The summed E-state index contributed by atoms with van der Waals surface area (Å²) < 4.78 is 5.56. The molecule has 22 heavy (non-hydrogen) atoms. The van der Waals surface area contributed by atoms with Crippen LogP contribution in [0.1, 0.15) is 5.56 Å². The van der Waals surface area contributed by atoms with E-state index in [1.54, 1.807) is 0 Å². The Kier molecular flexibility index (Phi) is 4.04. The molecular formula is C16H12O4S2. The first kappa shape index (κ1) is 14.9. The maximum absolute atomic E-state index is 12.2. The van der Waals surface area contributed by atoms with Gasteiger partial charge in [0.15, 0.2) is 0 Å². The standard InChI is InChI=1S/C16H12O4S2/c1-20-15(19)12(9-5-3-2-4-6-9)16-21-13-10(17)7-8-11(18)14(13)22-16/h2-8,17-18H,1H3. The summed E-state index contributed by atoms with van der Waals surface area (Å²) in [6.07, 6.45) is 0. The molecule has 1 heterocycles. The van der Waals surface area contributed by atoms with Crippen molar-refractivity contribution in [3.63, 3.8) is 0 Å². The summed E-state index contributed by atoms with van der Waals surface area (Å²) in [5, 5.41) is 19.9. The molecule has 0 spiro atoms. The molecule has 0 unspecified atom stereocenters. The van der Waals surface area contributed by atoms with Gasteiger partial charge in [-0.25, -0.2) is 4.79 Å². The molecule has 4 nitrogen and oxygen atoms in total. The van der Waals surface area contributed by atoms with E-state index in [0.717, 1.165) is 5.56 Å². The van der Waals surface area contributed by atoms with E-state index in [1.165, 1.54) is 42.8 Å². The van der Waals surface area contributed by atoms with Crippen LogP contribution in [0.4, 0.5) is 0 Å². The number of ether oxygens (including phenoxy) is 1. The quantitative estimate of drug-likeness (QED) is 0.495. The van der Waals surface area contributed by atoms with Gasteiger partial charge in [-0.15, -0.1) is 0 Å². The van der Waals surface area contributed by atoms with Gasteiger partial charge in [-0.1, -0.05) is 53.9 Å². The summed E-state index contributed by atoms with van der Waals surface area (Å²) in [6, 6.07) is 12.1. The number of benzene rings is 2. The predicted octanol–water partition coefficient (Wildman–Crippen LogP) is 3.84. The number of rotatable bonds is 2. The molecule has 0 aromatic heterocycles. The van der Waals surface area contributed by atoms with Crippen LogP contribution < -0.4 is 0 Å². The highest BCUT2D eigenvalue weighted by molar-refractivity contribution is 8.25. The number of carbonyl (C=O) groups is 1. The molecule has 2 aromatic carbocycles. The van der Waals surface area contributed by atoms with Crippen molar-refractivity contribution in [1.82, 2.24) is 0 Å². The molecule has 0 saturated carbocycles. The number of esters is 1. The normalized spacial score (nSPS) is 12.9. The minimum atomic E-state index is -0.451. The third-order valence-electron chi connectivity index (χ3n) is 3.12. The number of methoxy groups -OCH3 is 1. The Morgan fingerprint density at radius 1 is 0.955 bits per heavy atom. The zero-order valence-corrected chi connectivity index (χ0v) is 13.2. The van der Waals surface area contributed by atoms with E-state index in [1.807, 2.05) is 30.3 Å². The largest absolute Gasteiger partial charge is 0.507 e. The van der Waals surface area contributed by atoms with E-state index < -0.39 is 5.97 Å². The first-order chi connectivity index (χ1) is 10.6. The minimum absolute atomic E-state index is 0.0811. The fraction of sp³-hybridized carbons (Fsp3) is 0.0625. The number of carbonyl (C=O) groups excluding carboxylic acids is 1. The zero-order chi connectivity index (χ0) is 15.7. The van der Waals surface area contributed by atoms with Gasteiger partial charge in [0.25, 0.3) is 0 Å². The predicted molar refractivity (Wildman–Crippen MR) is 86.9 cm³/mol. The summed E-state index contributed by atoms with van der Waals surface area (Å²) >= 11 is 2.51. The lowest BCUT2D eigenvalue weighted by atomic mass is 10.1. The molecule has 2 aromatic rings. The monoisotopic (exact) mass is 332 g/mol. The summed E-state index contributed by atoms with van der Waals surface area (Å²) in [4.78, 5) is 13.3. The van der Waals surface area contributed by atoms with E-state index in [9.17, 15) is 15.0 Å². The molecule has 1 aliphatic heterocycles. The van der Waals surface area contributed by atoms with Gasteiger partial charge in [-0.05, 0) is 17.7 Å². The molecule has 0 atom stereocenters. The SMILES string of the molecule is COC(=O)C(=C1Sc2c(O)ccc(O)c2S1)c1ccccc1. The second-order valence-electron chi connectivity index (χ2n) is 4.49. The van der Waals surface area contributed by atoms with Crippen molar-refractivity contribution in [2.24, 2.45) is 0 Å². The Balaban J connectivity index is 2.14. The van der Waals surface area contributed by atoms with Crippen molar-refractivity contribution in [2.45, 2.75) is 9.79 Å². The Morgan fingerprint density at radius 2 is 1.50 bits per heavy atom. The number of phenols is 2. The third kappa shape index (κ3) is 2.55. The number of hydrogen-bond donors (Lipinski definition) is 2. The number of fused-ring (bicyclic) bond motifs is 1. The van der Waals surface area contributed by atoms with Crippen molar-refractivity contribution < 1.29 is 19.7 Å². The maximum atomic E-state index is 12.2. The second-order valence-corrected chi connectivity index (χ2v) is 6.79.